The van der Waals surface area contributed by atoms with Gasteiger partial charge in [0.25, 0.3) is 0 Å². The van der Waals surface area contributed by atoms with Crippen LogP contribution in [0.5, 0.6) is 0 Å². The van der Waals surface area contributed by atoms with E-state index >= 15 is 0 Å². The standard InChI is InChI=1S/C9H9N5S/c1-15(6-10)9(13-4-2-11-7-13)14-5-3-12-8-14/h2-5,7-8H,1H3. The summed E-state index contributed by atoms with van der Waals surface area (Å²) in [6.45, 7) is 0. The summed E-state index contributed by atoms with van der Waals surface area (Å²) in [5, 5.41) is 12.1. The zero-order valence-corrected chi connectivity index (χ0v) is 8.92. The maximum absolute atomic E-state index is 8.98. The summed E-state index contributed by atoms with van der Waals surface area (Å²) in [4.78, 5) is 7.95. The van der Waals surface area contributed by atoms with Crippen LogP contribution in [-0.4, -0.2) is 30.5 Å². The Labute approximate surface area is 89.5 Å². The summed E-state index contributed by atoms with van der Waals surface area (Å²) in [5.74, 6) is 0. The maximum atomic E-state index is 8.98. The summed E-state index contributed by atoms with van der Waals surface area (Å²) < 4.78 is 3.65. The molecule has 2 rings (SSSR count). The molecule has 5 nitrogen and oxygen atoms in total. The van der Waals surface area contributed by atoms with Gasteiger partial charge < -0.3 is 0 Å². The molecule has 0 aliphatic heterocycles. The maximum Gasteiger partial charge on any atom is 0.162 e. The predicted molar refractivity (Wildman–Crippen MR) is 59.4 cm³/mol. The first-order chi connectivity index (χ1) is 7.33. The molecule has 76 valence electrons. The first-order valence-corrected chi connectivity index (χ1v) is 5.85. The largest absolute Gasteiger partial charge is 0.286 e. The van der Waals surface area contributed by atoms with Crippen molar-refractivity contribution < 1.29 is 0 Å². The molecule has 2 aromatic rings. The van der Waals surface area contributed by atoms with E-state index in [1.165, 1.54) is 0 Å². The third kappa shape index (κ3) is 1.82. The zero-order valence-electron chi connectivity index (χ0n) is 8.11. The lowest BCUT2D eigenvalue weighted by Gasteiger charge is -2.09. The molecule has 0 aliphatic carbocycles. The number of nitrogens with zero attached hydrogens (tertiary/aromatic N) is 5. The SMILES string of the molecule is CS(C#N)=C(n1ccnc1)n1ccnc1. The van der Waals surface area contributed by atoms with Crippen LogP contribution in [0.1, 0.15) is 0 Å². The number of thiocyanates is 1. The number of aromatic nitrogens is 4. The predicted octanol–water partition coefficient (Wildman–Crippen LogP) is 0.943. The van der Waals surface area contributed by atoms with Crippen LogP contribution in [0, 0.1) is 10.7 Å². The minimum absolute atomic E-state index is 0.505. The van der Waals surface area contributed by atoms with Crippen molar-refractivity contribution in [2.45, 2.75) is 0 Å². The molecular weight excluding hydrogens is 210 g/mol. The first kappa shape index (κ1) is 9.68. The van der Waals surface area contributed by atoms with E-state index in [-0.39, 0.29) is 0 Å². The summed E-state index contributed by atoms with van der Waals surface area (Å²) in [5.41, 5.74) is 0. The second-order valence-corrected chi connectivity index (χ2v) is 4.39. The lowest BCUT2D eigenvalue weighted by Crippen LogP contribution is -2.18. The van der Waals surface area contributed by atoms with Gasteiger partial charge in [-0.05, 0) is 16.7 Å². The van der Waals surface area contributed by atoms with Gasteiger partial charge in [-0.1, -0.05) is 0 Å². The van der Waals surface area contributed by atoms with Gasteiger partial charge in [-0.25, -0.2) is 9.97 Å². The van der Waals surface area contributed by atoms with Gasteiger partial charge in [-0.3, -0.25) is 9.13 Å². The lowest BCUT2D eigenvalue weighted by molar-refractivity contribution is 1.02. The highest BCUT2D eigenvalue weighted by Gasteiger charge is 2.05. The summed E-state index contributed by atoms with van der Waals surface area (Å²) in [7, 11) is -0.505. The molecule has 0 saturated heterocycles. The Morgan fingerprint density at radius 3 is 2.07 bits per heavy atom. The number of nitriles is 1. The van der Waals surface area contributed by atoms with E-state index in [0.717, 1.165) is 5.11 Å². The van der Waals surface area contributed by atoms with Crippen LogP contribution in [0.25, 0.3) is 0 Å². The van der Waals surface area contributed by atoms with Gasteiger partial charge in [0.2, 0.25) is 0 Å². The van der Waals surface area contributed by atoms with Gasteiger partial charge in [0, 0.05) is 24.8 Å². The fourth-order valence-corrected chi connectivity index (χ4v) is 2.17. The summed E-state index contributed by atoms with van der Waals surface area (Å²) in [6.07, 6.45) is 12.2. The summed E-state index contributed by atoms with van der Waals surface area (Å²) >= 11 is 0. The van der Waals surface area contributed by atoms with Gasteiger partial charge in [0.15, 0.2) is 5.11 Å². The highest BCUT2D eigenvalue weighted by molar-refractivity contribution is 8.19. The highest BCUT2D eigenvalue weighted by Crippen LogP contribution is 2.10. The fraction of sp³-hybridized carbons (Fsp3) is 0.111. The topological polar surface area (TPSA) is 59.4 Å². The molecule has 0 N–H and O–H groups in total. The number of imidazole rings is 2. The normalized spacial score (nSPS) is 12.0. The molecule has 15 heavy (non-hydrogen) atoms. The van der Waals surface area contributed by atoms with Gasteiger partial charge in [-0.2, -0.15) is 5.26 Å². The minimum atomic E-state index is -0.505. The van der Waals surface area contributed by atoms with Crippen LogP contribution in [0.4, 0.5) is 0 Å². The average Bonchev–Trinajstić information content (AvgIpc) is 2.90. The van der Waals surface area contributed by atoms with Crippen molar-refractivity contribution in [3.05, 3.63) is 37.4 Å². The Hall–Kier alpha value is -1.87. The molecule has 1 unspecified atom stereocenters. The Balaban J connectivity index is 2.58. The monoisotopic (exact) mass is 219 g/mol. The van der Waals surface area contributed by atoms with Crippen molar-refractivity contribution in [1.29, 1.82) is 5.26 Å². The molecule has 0 radical (unpaired) electrons. The van der Waals surface area contributed by atoms with E-state index in [1.54, 1.807) is 25.0 Å². The van der Waals surface area contributed by atoms with Crippen LogP contribution in [0.2, 0.25) is 0 Å². The van der Waals surface area contributed by atoms with Gasteiger partial charge in [0.1, 0.15) is 18.1 Å². The van der Waals surface area contributed by atoms with Crippen LogP contribution in [0.3, 0.4) is 0 Å². The van der Waals surface area contributed by atoms with Crippen molar-refractivity contribution in [3.63, 3.8) is 0 Å². The van der Waals surface area contributed by atoms with E-state index in [0.29, 0.717) is 0 Å². The Kier molecular flexibility index (Phi) is 2.65. The molecule has 2 aromatic heterocycles. The molecule has 2 heterocycles. The van der Waals surface area contributed by atoms with Crippen LogP contribution >= 0.6 is 10.5 Å². The molecule has 1 atom stereocenters. The molecule has 6 heteroatoms. The Morgan fingerprint density at radius 1 is 1.20 bits per heavy atom. The van der Waals surface area contributed by atoms with Gasteiger partial charge >= 0.3 is 0 Å². The van der Waals surface area contributed by atoms with Gasteiger partial charge in [0.05, 0.1) is 0 Å². The number of hydrogen-bond acceptors (Lipinski definition) is 3. The second-order valence-electron chi connectivity index (χ2n) is 2.82. The fourth-order valence-electron chi connectivity index (χ4n) is 1.23. The Bertz CT molecular complexity index is 467. The van der Waals surface area contributed by atoms with E-state index in [2.05, 4.69) is 15.4 Å². The molecular formula is C9H9N5S. The number of rotatable bonds is 0. The third-order valence-electron chi connectivity index (χ3n) is 1.86. The average molecular weight is 219 g/mol. The lowest BCUT2D eigenvalue weighted by atomic mass is 10.8. The van der Waals surface area contributed by atoms with Gasteiger partial charge in [-0.15, -0.1) is 0 Å². The zero-order chi connectivity index (χ0) is 10.7. The molecule has 0 aromatic carbocycles. The van der Waals surface area contributed by atoms with Crippen molar-refractivity contribution in [2.24, 2.45) is 0 Å². The second kappa shape index (κ2) is 4.11. The summed E-state index contributed by atoms with van der Waals surface area (Å²) in [6, 6.07) is 0. The molecule has 0 spiro atoms. The van der Waals surface area contributed by atoms with Crippen molar-refractivity contribution >= 4 is 15.6 Å². The highest BCUT2D eigenvalue weighted by atomic mass is 32.2. The Morgan fingerprint density at radius 2 is 1.73 bits per heavy atom. The molecule has 0 amide bonds. The van der Waals surface area contributed by atoms with Crippen molar-refractivity contribution in [2.75, 3.05) is 6.26 Å². The van der Waals surface area contributed by atoms with Crippen LogP contribution < -0.4 is 0 Å². The number of hydrogen-bond donors (Lipinski definition) is 0. The molecule has 0 aliphatic rings. The molecule has 0 fully saturated rings. The smallest absolute Gasteiger partial charge is 0.162 e. The van der Waals surface area contributed by atoms with Crippen molar-refractivity contribution in [3.8, 4) is 5.40 Å². The van der Waals surface area contributed by atoms with Crippen LogP contribution in [-0.2, 0) is 0 Å². The minimum Gasteiger partial charge on any atom is -0.286 e. The quantitative estimate of drug-likeness (QED) is 0.489. The van der Waals surface area contributed by atoms with E-state index in [4.69, 9.17) is 5.26 Å². The third-order valence-corrected chi connectivity index (χ3v) is 3.10. The first-order valence-electron chi connectivity index (χ1n) is 4.22. The van der Waals surface area contributed by atoms with E-state index < -0.39 is 10.5 Å². The van der Waals surface area contributed by atoms with E-state index in [9.17, 15) is 0 Å². The molecule has 0 bridgehead atoms. The molecule has 0 saturated carbocycles. The van der Waals surface area contributed by atoms with Crippen molar-refractivity contribution in [1.82, 2.24) is 19.1 Å². The van der Waals surface area contributed by atoms with E-state index in [1.807, 2.05) is 27.8 Å². The van der Waals surface area contributed by atoms with Crippen LogP contribution in [0.15, 0.2) is 37.4 Å².